The number of aliphatic hydroxyl groups is 1. The van der Waals surface area contributed by atoms with Crippen LogP contribution in [-0.4, -0.2) is 31.4 Å². The van der Waals surface area contributed by atoms with Crippen LogP contribution in [-0.2, 0) is 6.54 Å². The van der Waals surface area contributed by atoms with Crippen LogP contribution in [0.3, 0.4) is 0 Å². The van der Waals surface area contributed by atoms with E-state index in [1.165, 1.54) is 6.42 Å². The van der Waals surface area contributed by atoms with Gasteiger partial charge in [-0.25, -0.2) is 0 Å². The van der Waals surface area contributed by atoms with Gasteiger partial charge < -0.3 is 20.5 Å². The molecular weight excluding hydrogens is 240 g/mol. The third kappa shape index (κ3) is 3.01. The zero-order chi connectivity index (χ0) is 13.8. The van der Waals surface area contributed by atoms with Gasteiger partial charge in [0.05, 0.1) is 19.3 Å². The molecule has 106 valence electrons. The van der Waals surface area contributed by atoms with Crippen molar-refractivity contribution in [3.8, 4) is 5.75 Å². The lowest BCUT2D eigenvalue weighted by Gasteiger charge is -2.37. The summed E-state index contributed by atoms with van der Waals surface area (Å²) < 4.78 is 5.29. The fraction of sp³-hybridized carbons (Fsp3) is 0.600. The lowest BCUT2D eigenvalue weighted by atomic mass is 9.91. The Labute approximate surface area is 115 Å². The molecule has 1 aliphatic rings. The van der Waals surface area contributed by atoms with Crippen LogP contribution >= 0.6 is 0 Å². The second-order valence-corrected chi connectivity index (χ2v) is 5.23. The highest BCUT2D eigenvalue weighted by molar-refractivity contribution is 5.57. The van der Waals surface area contributed by atoms with Gasteiger partial charge in [0.15, 0.2) is 0 Å². The van der Waals surface area contributed by atoms with Gasteiger partial charge in [-0.1, -0.05) is 18.9 Å². The summed E-state index contributed by atoms with van der Waals surface area (Å²) in [6, 6.07) is 6.10. The molecule has 4 heteroatoms. The number of nitrogens with zero attached hydrogens (tertiary/aromatic N) is 1. The first-order valence-electron chi connectivity index (χ1n) is 6.95. The minimum absolute atomic E-state index is 0.172. The molecule has 1 aliphatic carbocycles. The number of aliphatic hydroxyl groups excluding tert-OH is 1. The number of methoxy groups -OCH3 is 1. The molecule has 0 heterocycles. The number of nitrogens with two attached hydrogens (primary N) is 1. The molecule has 1 aromatic carbocycles. The van der Waals surface area contributed by atoms with E-state index in [2.05, 4.69) is 4.90 Å². The average molecular weight is 264 g/mol. The predicted octanol–water partition coefficient (Wildman–Crippen LogP) is 1.89. The van der Waals surface area contributed by atoms with E-state index in [0.29, 0.717) is 6.54 Å². The SMILES string of the molecule is COc1ccc(CN)c(N(C)C2CCCCC2O)c1. The zero-order valence-corrected chi connectivity index (χ0v) is 11.8. The summed E-state index contributed by atoms with van der Waals surface area (Å²) in [5.41, 5.74) is 7.96. The maximum absolute atomic E-state index is 10.2. The summed E-state index contributed by atoms with van der Waals surface area (Å²) in [4.78, 5) is 2.16. The lowest BCUT2D eigenvalue weighted by Crippen LogP contribution is -2.43. The molecule has 0 radical (unpaired) electrons. The number of rotatable bonds is 4. The van der Waals surface area contributed by atoms with Gasteiger partial charge in [0, 0.05) is 25.3 Å². The Morgan fingerprint density at radius 1 is 1.37 bits per heavy atom. The van der Waals surface area contributed by atoms with Crippen molar-refractivity contribution in [2.45, 2.75) is 44.4 Å². The maximum Gasteiger partial charge on any atom is 0.120 e. The van der Waals surface area contributed by atoms with Crippen LogP contribution in [0.25, 0.3) is 0 Å². The van der Waals surface area contributed by atoms with Gasteiger partial charge in [-0.05, 0) is 24.5 Å². The highest BCUT2D eigenvalue weighted by Gasteiger charge is 2.27. The van der Waals surface area contributed by atoms with E-state index >= 15 is 0 Å². The highest BCUT2D eigenvalue weighted by atomic mass is 16.5. The van der Waals surface area contributed by atoms with Crippen LogP contribution in [0.1, 0.15) is 31.2 Å². The number of ether oxygens (including phenoxy) is 1. The van der Waals surface area contributed by atoms with Gasteiger partial charge in [-0.3, -0.25) is 0 Å². The van der Waals surface area contributed by atoms with E-state index in [9.17, 15) is 5.11 Å². The van der Waals surface area contributed by atoms with Crippen molar-refractivity contribution in [3.05, 3.63) is 23.8 Å². The van der Waals surface area contributed by atoms with Gasteiger partial charge in [-0.15, -0.1) is 0 Å². The average Bonchev–Trinajstić information content (AvgIpc) is 2.46. The van der Waals surface area contributed by atoms with E-state index < -0.39 is 0 Å². The third-order valence-corrected chi connectivity index (χ3v) is 4.08. The van der Waals surface area contributed by atoms with Crippen molar-refractivity contribution < 1.29 is 9.84 Å². The number of likely N-dealkylation sites (N-methyl/N-ethyl adjacent to an activating group) is 1. The minimum atomic E-state index is -0.254. The molecule has 0 aliphatic heterocycles. The van der Waals surface area contributed by atoms with Crippen molar-refractivity contribution >= 4 is 5.69 Å². The summed E-state index contributed by atoms with van der Waals surface area (Å²) in [5.74, 6) is 0.823. The zero-order valence-electron chi connectivity index (χ0n) is 11.8. The highest BCUT2D eigenvalue weighted by Crippen LogP contribution is 2.31. The fourth-order valence-corrected chi connectivity index (χ4v) is 2.89. The van der Waals surface area contributed by atoms with Gasteiger partial charge in [0.2, 0.25) is 0 Å². The predicted molar refractivity (Wildman–Crippen MR) is 77.6 cm³/mol. The molecule has 2 unspecified atom stereocenters. The molecule has 1 fully saturated rings. The molecule has 19 heavy (non-hydrogen) atoms. The van der Waals surface area contributed by atoms with E-state index in [4.69, 9.17) is 10.5 Å². The molecule has 0 saturated heterocycles. The second kappa shape index (κ2) is 6.26. The lowest BCUT2D eigenvalue weighted by molar-refractivity contribution is 0.106. The third-order valence-electron chi connectivity index (χ3n) is 4.08. The molecule has 0 aromatic heterocycles. The van der Waals surface area contributed by atoms with Crippen molar-refractivity contribution in [3.63, 3.8) is 0 Å². The summed E-state index contributed by atoms with van der Waals surface area (Å²) in [6.07, 6.45) is 3.95. The van der Waals surface area contributed by atoms with E-state index in [-0.39, 0.29) is 12.1 Å². The van der Waals surface area contributed by atoms with Crippen molar-refractivity contribution in [1.29, 1.82) is 0 Å². The standard InChI is InChI=1S/C15H24N2O2/c1-17(13-5-3-4-6-15(13)18)14-9-12(19-2)8-7-11(14)10-16/h7-9,13,15,18H,3-6,10,16H2,1-2H3. The van der Waals surface area contributed by atoms with Crippen LogP contribution in [0.4, 0.5) is 5.69 Å². The Kier molecular flexibility index (Phi) is 4.66. The van der Waals surface area contributed by atoms with Gasteiger partial charge >= 0.3 is 0 Å². The van der Waals surface area contributed by atoms with Crippen molar-refractivity contribution in [1.82, 2.24) is 0 Å². The van der Waals surface area contributed by atoms with E-state index in [1.54, 1.807) is 7.11 Å². The first-order chi connectivity index (χ1) is 9.17. The molecule has 1 saturated carbocycles. The quantitative estimate of drug-likeness (QED) is 0.872. The second-order valence-electron chi connectivity index (χ2n) is 5.23. The Hall–Kier alpha value is -1.26. The van der Waals surface area contributed by atoms with Crippen LogP contribution in [0.15, 0.2) is 18.2 Å². The van der Waals surface area contributed by atoms with Crippen molar-refractivity contribution in [2.24, 2.45) is 5.73 Å². The Balaban J connectivity index is 2.27. The molecule has 3 N–H and O–H groups in total. The Morgan fingerprint density at radius 3 is 2.74 bits per heavy atom. The number of hydrogen-bond donors (Lipinski definition) is 2. The van der Waals surface area contributed by atoms with Crippen LogP contribution in [0.2, 0.25) is 0 Å². The Bertz CT molecular complexity index is 423. The van der Waals surface area contributed by atoms with Crippen molar-refractivity contribution in [2.75, 3.05) is 19.1 Å². The monoisotopic (exact) mass is 264 g/mol. The normalized spacial score (nSPS) is 23.2. The number of hydrogen-bond acceptors (Lipinski definition) is 4. The van der Waals surface area contributed by atoms with Crippen LogP contribution in [0.5, 0.6) is 5.75 Å². The Morgan fingerprint density at radius 2 is 2.11 bits per heavy atom. The first-order valence-corrected chi connectivity index (χ1v) is 6.95. The van der Waals surface area contributed by atoms with Crippen LogP contribution < -0.4 is 15.4 Å². The topological polar surface area (TPSA) is 58.7 Å². The molecule has 2 atom stereocenters. The molecule has 2 rings (SSSR count). The minimum Gasteiger partial charge on any atom is -0.497 e. The smallest absolute Gasteiger partial charge is 0.120 e. The van der Waals surface area contributed by atoms with E-state index in [0.717, 1.165) is 36.3 Å². The molecule has 1 aromatic rings. The van der Waals surface area contributed by atoms with Gasteiger partial charge in [0.1, 0.15) is 5.75 Å². The largest absolute Gasteiger partial charge is 0.497 e. The molecular formula is C15H24N2O2. The molecule has 0 amide bonds. The van der Waals surface area contributed by atoms with Crippen LogP contribution in [0, 0.1) is 0 Å². The number of anilines is 1. The van der Waals surface area contributed by atoms with E-state index in [1.807, 2.05) is 25.2 Å². The number of benzene rings is 1. The molecule has 4 nitrogen and oxygen atoms in total. The summed E-state index contributed by atoms with van der Waals surface area (Å²) in [5, 5.41) is 10.2. The summed E-state index contributed by atoms with van der Waals surface area (Å²) in [6.45, 7) is 0.493. The maximum atomic E-state index is 10.2. The molecule has 0 bridgehead atoms. The first kappa shape index (κ1) is 14.2. The molecule has 0 spiro atoms. The fourth-order valence-electron chi connectivity index (χ4n) is 2.89. The summed E-state index contributed by atoms with van der Waals surface area (Å²) >= 11 is 0. The van der Waals surface area contributed by atoms with Gasteiger partial charge in [-0.2, -0.15) is 0 Å². The van der Waals surface area contributed by atoms with Gasteiger partial charge in [0.25, 0.3) is 0 Å². The summed E-state index contributed by atoms with van der Waals surface area (Å²) in [7, 11) is 3.70.